The molecule has 0 bridgehead atoms. The Labute approximate surface area is 82.4 Å². The van der Waals surface area contributed by atoms with Gasteiger partial charge in [-0.15, -0.1) is 0 Å². The first-order valence-corrected chi connectivity index (χ1v) is 4.55. The summed E-state index contributed by atoms with van der Waals surface area (Å²) >= 11 is 0. The summed E-state index contributed by atoms with van der Waals surface area (Å²) in [7, 11) is 0. The zero-order chi connectivity index (χ0) is 9.97. The average Bonchev–Trinajstić information content (AvgIpc) is 2.59. The highest BCUT2D eigenvalue weighted by Crippen LogP contribution is 2.16. The van der Waals surface area contributed by atoms with Crippen LogP contribution in [-0.2, 0) is 0 Å². The van der Waals surface area contributed by atoms with Crippen LogP contribution < -0.4 is 4.74 Å². The summed E-state index contributed by atoms with van der Waals surface area (Å²) in [4.78, 5) is 7.37. The van der Waals surface area contributed by atoms with E-state index in [0.29, 0.717) is 6.01 Å². The van der Waals surface area contributed by atoms with Gasteiger partial charge < -0.3 is 9.72 Å². The van der Waals surface area contributed by atoms with Crippen molar-refractivity contribution in [2.75, 3.05) is 0 Å². The van der Waals surface area contributed by atoms with Gasteiger partial charge in [0.2, 0.25) is 0 Å². The molecule has 2 rings (SSSR count). The number of H-pyrrole nitrogens is 1. The van der Waals surface area contributed by atoms with Gasteiger partial charge >= 0.3 is 0 Å². The molecule has 1 heterocycles. The number of ether oxygens (including phenoxy) is 1. The number of nitrogens with one attached hydrogen (secondary N) is 1. The van der Waals surface area contributed by atoms with Crippen LogP contribution in [0, 0.1) is 0 Å². The van der Waals surface area contributed by atoms with Gasteiger partial charge in [0.1, 0.15) is 5.76 Å². The fourth-order valence-corrected chi connectivity index (χ4v) is 1.19. The third kappa shape index (κ3) is 1.62. The van der Waals surface area contributed by atoms with Gasteiger partial charge in [0.15, 0.2) is 0 Å². The molecule has 1 aromatic carbocycles. The summed E-state index contributed by atoms with van der Waals surface area (Å²) in [5.74, 6) is 0.837. The zero-order valence-corrected chi connectivity index (χ0v) is 8.24. The van der Waals surface area contributed by atoms with E-state index in [9.17, 15) is 0 Å². The molecule has 3 nitrogen and oxygen atoms in total. The Morgan fingerprint density at radius 1 is 1.43 bits per heavy atom. The summed E-state index contributed by atoms with van der Waals surface area (Å²) in [6, 6.07) is 8.38. The number of aromatic amines is 1. The van der Waals surface area contributed by atoms with E-state index in [1.807, 2.05) is 44.2 Å². The molecule has 72 valence electrons. The number of nitrogens with zero attached hydrogens (tertiary/aromatic N) is 1. The second-order valence-corrected chi connectivity index (χ2v) is 3.06. The number of allylic oxidation sites excluding steroid dienone is 2. The minimum atomic E-state index is 0.543. The van der Waals surface area contributed by atoms with E-state index in [4.69, 9.17) is 4.74 Å². The molecule has 0 fully saturated rings. The Kier molecular flexibility index (Phi) is 2.23. The quantitative estimate of drug-likeness (QED) is 0.736. The van der Waals surface area contributed by atoms with E-state index in [2.05, 4.69) is 9.97 Å². The lowest BCUT2D eigenvalue weighted by Crippen LogP contribution is -1.91. The Morgan fingerprint density at radius 3 is 2.93 bits per heavy atom. The maximum Gasteiger partial charge on any atom is 0.299 e. The van der Waals surface area contributed by atoms with Crippen molar-refractivity contribution < 1.29 is 4.74 Å². The molecule has 0 unspecified atom stereocenters. The van der Waals surface area contributed by atoms with E-state index < -0.39 is 0 Å². The lowest BCUT2D eigenvalue weighted by atomic mass is 10.3. The van der Waals surface area contributed by atoms with E-state index in [-0.39, 0.29) is 0 Å². The highest BCUT2D eigenvalue weighted by molar-refractivity contribution is 5.75. The molecule has 0 radical (unpaired) electrons. The van der Waals surface area contributed by atoms with Gasteiger partial charge in [0, 0.05) is 0 Å². The van der Waals surface area contributed by atoms with Crippen molar-refractivity contribution >= 4 is 11.0 Å². The number of hydrogen-bond donors (Lipinski definition) is 1. The van der Waals surface area contributed by atoms with Crippen LogP contribution >= 0.6 is 0 Å². The third-order valence-corrected chi connectivity index (χ3v) is 2.03. The van der Waals surface area contributed by atoms with Crippen molar-refractivity contribution in [2.45, 2.75) is 13.8 Å². The highest BCUT2D eigenvalue weighted by Gasteiger charge is 2.02. The largest absolute Gasteiger partial charge is 0.431 e. The molecule has 0 amide bonds. The molecule has 0 saturated carbocycles. The Morgan fingerprint density at radius 2 is 2.21 bits per heavy atom. The van der Waals surface area contributed by atoms with Crippen molar-refractivity contribution in [3.8, 4) is 6.01 Å². The smallest absolute Gasteiger partial charge is 0.299 e. The maximum atomic E-state index is 5.44. The summed E-state index contributed by atoms with van der Waals surface area (Å²) in [6.45, 7) is 3.82. The third-order valence-electron chi connectivity index (χ3n) is 2.03. The monoisotopic (exact) mass is 188 g/mol. The van der Waals surface area contributed by atoms with Crippen molar-refractivity contribution in [2.24, 2.45) is 0 Å². The molecule has 0 aliphatic rings. The topological polar surface area (TPSA) is 37.9 Å². The number of rotatable bonds is 2. The first-order valence-electron chi connectivity index (χ1n) is 4.55. The van der Waals surface area contributed by atoms with Gasteiger partial charge in [0.05, 0.1) is 11.0 Å². The fourth-order valence-electron chi connectivity index (χ4n) is 1.19. The highest BCUT2D eigenvalue weighted by atomic mass is 16.5. The molecule has 0 aliphatic carbocycles. The standard InChI is InChI=1S/C11H12N2O/c1-3-8(2)14-11-12-9-6-4-5-7-10(9)13-11/h3-7H,1-2H3,(H,12,13)/b8-3+. The lowest BCUT2D eigenvalue weighted by molar-refractivity contribution is 0.398. The Bertz CT molecular complexity index is 438. The number of hydrogen-bond acceptors (Lipinski definition) is 2. The number of fused-ring (bicyclic) bond motifs is 1. The van der Waals surface area contributed by atoms with Crippen LogP contribution in [0.4, 0.5) is 0 Å². The Balaban J connectivity index is 2.36. The zero-order valence-electron chi connectivity index (χ0n) is 8.24. The van der Waals surface area contributed by atoms with E-state index in [1.165, 1.54) is 0 Å². The molecule has 2 aromatic rings. The van der Waals surface area contributed by atoms with Crippen LogP contribution in [0.2, 0.25) is 0 Å². The molecule has 0 atom stereocenters. The normalized spacial score (nSPS) is 12.0. The second kappa shape index (κ2) is 3.54. The van der Waals surface area contributed by atoms with Crippen molar-refractivity contribution in [1.29, 1.82) is 0 Å². The van der Waals surface area contributed by atoms with Crippen LogP contribution in [0.5, 0.6) is 6.01 Å². The van der Waals surface area contributed by atoms with Crippen LogP contribution in [0.3, 0.4) is 0 Å². The molecule has 0 spiro atoms. The fraction of sp³-hybridized carbons (Fsp3) is 0.182. The number of benzene rings is 1. The summed E-state index contributed by atoms with van der Waals surface area (Å²) < 4.78 is 5.44. The average molecular weight is 188 g/mol. The lowest BCUT2D eigenvalue weighted by Gasteiger charge is -1.98. The molecule has 1 N–H and O–H groups in total. The van der Waals surface area contributed by atoms with Gasteiger partial charge in [-0.3, -0.25) is 0 Å². The van der Waals surface area contributed by atoms with Gasteiger partial charge in [0.25, 0.3) is 6.01 Å². The maximum absolute atomic E-state index is 5.44. The van der Waals surface area contributed by atoms with Crippen LogP contribution in [0.25, 0.3) is 11.0 Å². The SMILES string of the molecule is C/C=C(\C)Oc1nc2ccccc2[nH]1. The van der Waals surface area contributed by atoms with Crippen LogP contribution in [-0.4, -0.2) is 9.97 Å². The van der Waals surface area contributed by atoms with Crippen molar-refractivity contribution in [3.05, 3.63) is 36.1 Å². The number of aromatic nitrogens is 2. The molecule has 3 heteroatoms. The first kappa shape index (κ1) is 8.81. The first-order chi connectivity index (χ1) is 6.79. The molecule has 14 heavy (non-hydrogen) atoms. The van der Waals surface area contributed by atoms with Crippen LogP contribution in [0.15, 0.2) is 36.1 Å². The Hall–Kier alpha value is -1.77. The van der Waals surface area contributed by atoms with E-state index >= 15 is 0 Å². The minimum absolute atomic E-state index is 0.543. The van der Waals surface area contributed by atoms with Gasteiger partial charge in [-0.25, -0.2) is 0 Å². The number of imidazole rings is 1. The predicted molar refractivity (Wildman–Crippen MR) is 56.2 cm³/mol. The number of para-hydroxylation sites is 2. The summed E-state index contributed by atoms with van der Waals surface area (Å²) in [5.41, 5.74) is 1.91. The molecule has 0 aliphatic heterocycles. The van der Waals surface area contributed by atoms with E-state index in [0.717, 1.165) is 16.8 Å². The van der Waals surface area contributed by atoms with Crippen LogP contribution in [0.1, 0.15) is 13.8 Å². The summed E-state index contributed by atoms with van der Waals surface area (Å²) in [5, 5.41) is 0. The van der Waals surface area contributed by atoms with Crippen molar-refractivity contribution in [1.82, 2.24) is 9.97 Å². The molecule has 0 saturated heterocycles. The van der Waals surface area contributed by atoms with E-state index in [1.54, 1.807) is 0 Å². The molecule has 1 aromatic heterocycles. The minimum Gasteiger partial charge on any atom is -0.431 e. The summed E-state index contributed by atoms with van der Waals surface area (Å²) in [6.07, 6.45) is 1.90. The van der Waals surface area contributed by atoms with Gasteiger partial charge in [-0.1, -0.05) is 12.1 Å². The predicted octanol–water partition coefficient (Wildman–Crippen LogP) is 2.87. The molecular weight excluding hydrogens is 176 g/mol. The van der Waals surface area contributed by atoms with Gasteiger partial charge in [-0.2, -0.15) is 4.98 Å². The van der Waals surface area contributed by atoms with Gasteiger partial charge in [-0.05, 0) is 32.1 Å². The molecular formula is C11H12N2O. The second-order valence-electron chi connectivity index (χ2n) is 3.06. The van der Waals surface area contributed by atoms with Crippen molar-refractivity contribution in [3.63, 3.8) is 0 Å².